The Morgan fingerprint density at radius 1 is 1.61 bits per heavy atom. The van der Waals surface area contributed by atoms with Crippen molar-refractivity contribution in [2.24, 2.45) is 0 Å². The van der Waals surface area contributed by atoms with Gasteiger partial charge in [-0.1, -0.05) is 6.92 Å². The molecule has 1 aliphatic rings. The van der Waals surface area contributed by atoms with Crippen LogP contribution in [0.4, 0.5) is 0 Å². The molecule has 0 aromatic carbocycles. The van der Waals surface area contributed by atoms with Crippen molar-refractivity contribution in [2.45, 2.75) is 56.9 Å². The Morgan fingerprint density at radius 2 is 2.28 bits per heavy atom. The molecule has 0 spiro atoms. The first-order valence-corrected chi connectivity index (χ1v) is 7.61. The van der Waals surface area contributed by atoms with E-state index < -0.39 is 5.54 Å². The van der Waals surface area contributed by atoms with Gasteiger partial charge in [0, 0.05) is 17.8 Å². The van der Waals surface area contributed by atoms with Crippen LogP contribution < -0.4 is 10.6 Å². The minimum atomic E-state index is -0.463. The number of thioether (sulfide) groups is 1. The zero-order valence-electron chi connectivity index (χ0n) is 11.5. The molecule has 0 radical (unpaired) electrons. The van der Waals surface area contributed by atoms with Crippen molar-refractivity contribution in [3.63, 3.8) is 0 Å². The topological polar surface area (TPSA) is 64.9 Å². The van der Waals surface area contributed by atoms with Crippen molar-refractivity contribution in [1.82, 2.24) is 10.6 Å². The van der Waals surface area contributed by atoms with Crippen molar-refractivity contribution in [2.75, 3.05) is 12.3 Å². The van der Waals surface area contributed by atoms with Crippen LogP contribution in [-0.2, 0) is 4.79 Å². The summed E-state index contributed by atoms with van der Waals surface area (Å²) in [4.78, 5) is 11.4. The molecule has 0 aromatic heterocycles. The third-order valence-electron chi connectivity index (χ3n) is 2.92. The molecule has 1 amide bonds. The lowest BCUT2D eigenvalue weighted by Crippen LogP contribution is -2.44. The van der Waals surface area contributed by atoms with E-state index in [1.165, 1.54) is 12.8 Å². The predicted octanol–water partition coefficient (Wildman–Crippen LogP) is 1.67. The molecule has 1 aliphatic carbocycles. The molecule has 0 heterocycles. The average Bonchev–Trinajstić information content (AvgIpc) is 3.10. The van der Waals surface area contributed by atoms with Crippen LogP contribution in [0.15, 0.2) is 0 Å². The van der Waals surface area contributed by atoms with Gasteiger partial charge in [0.15, 0.2) is 0 Å². The normalized spacial score (nSPS) is 19.7. The van der Waals surface area contributed by atoms with Crippen LogP contribution in [0.25, 0.3) is 0 Å². The van der Waals surface area contributed by atoms with Gasteiger partial charge in [0.05, 0.1) is 11.8 Å². The third kappa shape index (κ3) is 5.74. The number of carbonyl (C=O) groups is 1. The molecular weight excluding hydrogens is 246 g/mol. The van der Waals surface area contributed by atoms with E-state index >= 15 is 0 Å². The van der Waals surface area contributed by atoms with Gasteiger partial charge in [-0.25, -0.2) is 0 Å². The van der Waals surface area contributed by atoms with Gasteiger partial charge in [-0.05, 0) is 33.1 Å². The smallest absolute Gasteiger partial charge is 0.229 e. The van der Waals surface area contributed by atoms with Crippen LogP contribution in [0.3, 0.4) is 0 Å². The number of nitrogens with zero attached hydrogens (tertiary/aromatic N) is 1. The number of nitrogens with one attached hydrogen (secondary N) is 2. The van der Waals surface area contributed by atoms with E-state index in [1.807, 2.05) is 13.8 Å². The first-order chi connectivity index (χ1) is 8.49. The molecule has 1 rings (SSSR count). The van der Waals surface area contributed by atoms with Crippen LogP contribution in [0, 0.1) is 11.3 Å². The summed E-state index contributed by atoms with van der Waals surface area (Å²) in [7, 11) is 0. The lowest BCUT2D eigenvalue weighted by Gasteiger charge is -2.26. The van der Waals surface area contributed by atoms with E-state index in [4.69, 9.17) is 0 Å². The van der Waals surface area contributed by atoms with Gasteiger partial charge >= 0.3 is 0 Å². The summed E-state index contributed by atoms with van der Waals surface area (Å²) in [6.07, 6.45) is 3.12. The fourth-order valence-corrected chi connectivity index (χ4v) is 2.90. The molecule has 1 fully saturated rings. The van der Waals surface area contributed by atoms with E-state index in [-0.39, 0.29) is 5.91 Å². The van der Waals surface area contributed by atoms with Crippen LogP contribution in [0.5, 0.6) is 0 Å². The highest BCUT2D eigenvalue weighted by Crippen LogP contribution is 2.27. The molecule has 1 saturated carbocycles. The monoisotopic (exact) mass is 269 g/mol. The highest BCUT2D eigenvalue weighted by Gasteiger charge is 2.33. The van der Waals surface area contributed by atoms with Crippen molar-refractivity contribution in [3.05, 3.63) is 0 Å². The Morgan fingerprint density at radius 3 is 2.78 bits per heavy atom. The second-order valence-electron chi connectivity index (χ2n) is 5.14. The van der Waals surface area contributed by atoms with Crippen LogP contribution in [0.2, 0.25) is 0 Å². The Kier molecular flexibility index (Phi) is 5.97. The minimum absolute atomic E-state index is 0.0724. The molecule has 4 nitrogen and oxygen atoms in total. The average molecular weight is 269 g/mol. The summed E-state index contributed by atoms with van der Waals surface area (Å²) in [6.45, 7) is 6.62. The second-order valence-corrected chi connectivity index (χ2v) is 6.57. The lowest BCUT2D eigenvalue weighted by atomic mass is 9.98. The van der Waals surface area contributed by atoms with Crippen LogP contribution in [-0.4, -0.2) is 35.0 Å². The van der Waals surface area contributed by atoms with E-state index in [0.29, 0.717) is 23.6 Å². The van der Waals surface area contributed by atoms with Crippen molar-refractivity contribution < 1.29 is 4.79 Å². The Hall–Kier alpha value is -0.730. The zero-order valence-corrected chi connectivity index (χ0v) is 12.3. The van der Waals surface area contributed by atoms with Gasteiger partial charge in [-0.2, -0.15) is 5.26 Å². The number of nitriles is 1. The lowest BCUT2D eigenvalue weighted by molar-refractivity contribution is -0.118. The molecule has 5 heteroatoms. The Labute approximate surface area is 114 Å². The Balaban J connectivity index is 2.30. The Bertz CT molecular complexity index is 325. The third-order valence-corrected chi connectivity index (χ3v) is 4.08. The van der Waals surface area contributed by atoms with Crippen molar-refractivity contribution in [3.8, 4) is 6.07 Å². The van der Waals surface area contributed by atoms with Gasteiger partial charge in [-0.3, -0.25) is 10.1 Å². The van der Waals surface area contributed by atoms with Gasteiger partial charge in [0.1, 0.15) is 5.54 Å². The summed E-state index contributed by atoms with van der Waals surface area (Å²) < 4.78 is 0. The maximum absolute atomic E-state index is 11.4. The maximum Gasteiger partial charge on any atom is 0.229 e. The van der Waals surface area contributed by atoms with E-state index in [1.54, 1.807) is 11.8 Å². The first kappa shape index (κ1) is 15.3. The summed E-state index contributed by atoms with van der Waals surface area (Å²) in [5.74, 6) is 0.545. The van der Waals surface area contributed by atoms with Crippen LogP contribution >= 0.6 is 11.8 Å². The SMILES string of the molecule is CCNC(=O)CSC(C)CC(C)(C#N)NC1CC1. The number of amides is 1. The highest BCUT2D eigenvalue weighted by molar-refractivity contribution is 8.00. The zero-order chi connectivity index (χ0) is 13.6. The number of hydrogen-bond acceptors (Lipinski definition) is 4. The summed E-state index contributed by atoms with van der Waals surface area (Å²) >= 11 is 1.61. The van der Waals surface area contributed by atoms with Gasteiger partial charge in [0.25, 0.3) is 0 Å². The van der Waals surface area contributed by atoms with Crippen molar-refractivity contribution >= 4 is 17.7 Å². The minimum Gasteiger partial charge on any atom is -0.356 e. The molecule has 102 valence electrons. The van der Waals surface area contributed by atoms with E-state index in [0.717, 1.165) is 6.42 Å². The maximum atomic E-state index is 11.4. The predicted molar refractivity (Wildman–Crippen MR) is 75.4 cm³/mol. The summed E-state index contributed by atoms with van der Waals surface area (Å²) in [6, 6.07) is 2.89. The standard InChI is InChI=1S/C13H23N3OS/c1-4-15-12(17)8-18-10(2)7-13(3,9-14)16-11-5-6-11/h10-11,16H,4-8H2,1-3H3,(H,15,17). The molecular formula is C13H23N3OS. The van der Waals surface area contributed by atoms with Gasteiger partial charge in [0.2, 0.25) is 5.91 Å². The number of hydrogen-bond donors (Lipinski definition) is 2. The fraction of sp³-hybridized carbons (Fsp3) is 0.846. The van der Waals surface area contributed by atoms with Gasteiger partial charge in [-0.15, -0.1) is 11.8 Å². The number of carbonyl (C=O) groups excluding carboxylic acids is 1. The quantitative estimate of drug-likeness (QED) is 0.703. The molecule has 2 unspecified atom stereocenters. The molecule has 0 saturated heterocycles. The highest BCUT2D eigenvalue weighted by atomic mass is 32.2. The molecule has 0 bridgehead atoms. The molecule has 18 heavy (non-hydrogen) atoms. The van der Waals surface area contributed by atoms with Gasteiger partial charge < -0.3 is 5.32 Å². The largest absolute Gasteiger partial charge is 0.356 e. The second kappa shape index (κ2) is 7.01. The molecule has 2 atom stereocenters. The fourth-order valence-electron chi connectivity index (χ4n) is 1.92. The molecule has 0 aromatic rings. The van der Waals surface area contributed by atoms with Crippen LogP contribution in [0.1, 0.15) is 40.0 Å². The van der Waals surface area contributed by atoms with E-state index in [9.17, 15) is 10.1 Å². The first-order valence-electron chi connectivity index (χ1n) is 6.56. The number of rotatable bonds is 8. The summed E-state index contributed by atoms with van der Waals surface area (Å²) in [5, 5.41) is 15.7. The molecule has 2 N–H and O–H groups in total. The molecule has 0 aliphatic heterocycles. The summed E-state index contributed by atoms with van der Waals surface area (Å²) in [5.41, 5.74) is -0.463. The van der Waals surface area contributed by atoms with E-state index in [2.05, 4.69) is 23.6 Å². The van der Waals surface area contributed by atoms with Crippen molar-refractivity contribution in [1.29, 1.82) is 5.26 Å².